The molecule has 0 aliphatic carbocycles. The number of nitrogens with one attached hydrogen (secondary N) is 1. The number of carbonyl (C=O) groups excluding carboxylic acids is 2. The van der Waals surface area contributed by atoms with Crippen molar-refractivity contribution in [3.63, 3.8) is 0 Å². The van der Waals surface area contributed by atoms with Gasteiger partial charge >= 0.3 is 0 Å². The van der Waals surface area contributed by atoms with Gasteiger partial charge in [-0.2, -0.15) is 0 Å². The summed E-state index contributed by atoms with van der Waals surface area (Å²) in [7, 11) is 0. The van der Waals surface area contributed by atoms with Crippen LogP contribution in [0.25, 0.3) is 0 Å². The van der Waals surface area contributed by atoms with Crippen LogP contribution in [0.1, 0.15) is 24.7 Å². The molecule has 0 bridgehead atoms. The predicted octanol–water partition coefficient (Wildman–Crippen LogP) is 3.50. The van der Waals surface area contributed by atoms with E-state index >= 15 is 0 Å². The van der Waals surface area contributed by atoms with Gasteiger partial charge in [-0.25, -0.2) is 0 Å². The van der Waals surface area contributed by atoms with Gasteiger partial charge < -0.3 is 10.2 Å². The average Bonchev–Trinajstić information content (AvgIpc) is 2.65. The van der Waals surface area contributed by atoms with Crippen molar-refractivity contribution in [2.75, 3.05) is 19.6 Å². The van der Waals surface area contributed by atoms with E-state index in [9.17, 15) is 9.59 Å². The number of likely N-dealkylation sites (N-methyl/N-ethyl adjacent to an activating group) is 2. The molecule has 0 radical (unpaired) electrons. The second kappa shape index (κ2) is 9.89. The molecule has 1 unspecified atom stereocenters. The third kappa shape index (κ3) is 5.64. The largest absolute Gasteiger partial charge is 0.355 e. The number of nitrogens with zero attached hydrogens (tertiary/aromatic N) is 1. The normalized spacial score (nSPS) is 11.6. The maximum atomic E-state index is 13.1. The smallest absolute Gasteiger partial charge is 0.241 e. The van der Waals surface area contributed by atoms with E-state index in [1.165, 1.54) is 11.8 Å². The van der Waals surface area contributed by atoms with Crippen molar-refractivity contribution >= 4 is 23.6 Å². The summed E-state index contributed by atoms with van der Waals surface area (Å²) in [5.74, 6) is -0.178. The summed E-state index contributed by atoms with van der Waals surface area (Å²) in [5.41, 5.74) is 0.940. The lowest BCUT2D eigenvalue weighted by Gasteiger charge is -2.26. The van der Waals surface area contributed by atoms with Gasteiger partial charge in [-0.1, -0.05) is 48.5 Å². The third-order valence-corrected chi connectivity index (χ3v) is 4.98. The molecule has 0 aromatic heterocycles. The summed E-state index contributed by atoms with van der Waals surface area (Å²) in [6.07, 6.45) is 0. The van der Waals surface area contributed by atoms with E-state index in [4.69, 9.17) is 0 Å². The molecular formula is C20H24N2O2S. The first-order valence-electron chi connectivity index (χ1n) is 8.47. The Balaban J connectivity index is 2.24. The molecule has 5 heteroatoms. The Bertz CT molecular complexity index is 677. The molecule has 0 aliphatic heterocycles. The molecule has 0 saturated heterocycles. The van der Waals surface area contributed by atoms with Crippen LogP contribution < -0.4 is 5.32 Å². The zero-order valence-electron chi connectivity index (χ0n) is 14.6. The van der Waals surface area contributed by atoms with Crippen LogP contribution in [-0.2, 0) is 9.59 Å². The molecule has 0 spiro atoms. The average molecular weight is 356 g/mol. The van der Waals surface area contributed by atoms with Gasteiger partial charge in [-0.3, -0.25) is 9.59 Å². The second-order valence-electron chi connectivity index (χ2n) is 5.53. The highest BCUT2D eigenvalue weighted by Gasteiger charge is 2.27. The molecule has 2 rings (SSSR count). The molecule has 0 fully saturated rings. The lowest BCUT2D eigenvalue weighted by Crippen LogP contribution is -2.42. The number of thioether (sulfide) groups is 1. The molecule has 2 aromatic carbocycles. The fourth-order valence-electron chi connectivity index (χ4n) is 2.46. The fraction of sp³-hybridized carbons (Fsp3) is 0.300. The van der Waals surface area contributed by atoms with Gasteiger partial charge in [0.25, 0.3) is 0 Å². The van der Waals surface area contributed by atoms with Crippen molar-refractivity contribution in [2.24, 2.45) is 0 Å². The standard InChI is InChI=1S/C20H24N2O2S/c1-3-21-18(23)15-22(4-2)20(24)19(16-11-7-5-8-12-16)25-17-13-9-6-10-14-17/h5-14,19H,3-4,15H2,1-2H3,(H,21,23). The lowest BCUT2D eigenvalue weighted by molar-refractivity contribution is -0.135. The Morgan fingerprint density at radius 2 is 1.60 bits per heavy atom. The van der Waals surface area contributed by atoms with E-state index < -0.39 is 0 Å². The topological polar surface area (TPSA) is 49.4 Å². The molecule has 132 valence electrons. The number of carbonyl (C=O) groups is 2. The summed E-state index contributed by atoms with van der Waals surface area (Å²) in [6.45, 7) is 4.91. The zero-order valence-corrected chi connectivity index (χ0v) is 15.5. The molecule has 0 aliphatic rings. The predicted molar refractivity (Wildman–Crippen MR) is 102 cm³/mol. The lowest BCUT2D eigenvalue weighted by atomic mass is 10.1. The maximum Gasteiger partial charge on any atom is 0.241 e. The molecule has 1 N–H and O–H groups in total. The van der Waals surface area contributed by atoms with Crippen LogP contribution in [0.3, 0.4) is 0 Å². The minimum atomic E-state index is -0.377. The van der Waals surface area contributed by atoms with Crippen molar-refractivity contribution < 1.29 is 9.59 Å². The molecule has 2 amide bonds. The van der Waals surface area contributed by atoms with Crippen molar-refractivity contribution in [1.82, 2.24) is 10.2 Å². The van der Waals surface area contributed by atoms with Crippen LogP contribution in [-0.4, -0.2) is 36.3 Å². The summed E-state index contributed by atoms with van der Waals surface area (Å²) in [6, 6.07) is 19.6. The highest BCUT2D eigenvalue weighted by atomic mass is 32.2. The molecule has 25 heavy (non-hydrogen) atoms. The Labute approximate surface area is 153 Å². The molecule has 0 heterocycles. The van der Waals surface area contributed by atoms with Gasteiger partial charge in [0.2, 0.25) is 11.8 Å². The molecule has 0 saturated carbocycles. The Morgan fingerprint density at radius 1 is 1.00 bits per heavy atom. The Kier molecular flexibility index (Phi) is 7.54. The summed E-state index contributed by atoms with van der Waals surface area (Å²) >= 11 is 1.51. The molecule has 4 nitrogen and oxygen atoms in total. The van der Waals surface area contributed by atoms with Crippen LogP contribution in [0.15, 0.2) is 65.6 Å². The second-order valence-corrected chi connectivity index (χ2v) is 6.71. The summed E-state index contributed by atoms with van der Waals surface area (Å²) in [5, 5.41) is 2.38. The number of hydrogen-bond acceptors (Lipinski definition) is 3. The van der Waals surface area contributed by atoms with E-state index in [1.807, 2.05) is 74.5 Å². The van der Waals surface area contributed by atoms with Crippen LogP contribution >= 0.6 is 11.8 Å². The quantitative estimate of drug-likeness (QED) is 0.737. The van der Waals surface area contributed by atoms with Gasteiger partial charge in [0.15, 0.2) is 0 Å². The SMILES string of the molecule is CCNC(=O)CN(CC)C(=O)C(Sc1ccccc1)c1ccccc1. The first-order valence-corrected chi connectivity index (χ1v) is 9.35. The maximum absolute atomic E-state index is 13.1. The number of hydrogen-bond donors (Lipinski definition) is 1. The third-order valence-electron chi connectivity index (χ3n) is 3.73. The minimum absolute atomic E-state index is 0.0474. The first-order chi connectivity index (χ1) is 12.2. The molecule has 1 atom stereocenters. The number of amides is 2. The monoisotopic (exact) mass is 356 g/mol. The number of benzene rings is 2. The fourth-order valence-corrected chi connectivity index (χ4v) is 3.59. The number of rotatable bonds is 8. The van der Waals surface area contributed by atoms with Gasteiger partial charge in [-0.15, -0.1) is 11.8 Å². The van der Waals surface area contributed by atoms with Gasteiger partial charge in [-0.05, 0) is 31.5 Å². The molecule has 2 aromatic rings. The highest BCUT2D eigenvalue weighted by Crippen LogP contribution is 2.36. The van der Waals surface area contributed by atoms with E-state index in [-0.39, 0.29) is 23.6 Å². The Hall–Kier alpha value is -2.27. The van der Waals surface area contributed by atoms with E-state index in [1.54, 1.807) is 4.90 Å². The van der Waals surface area contributed by atoms with E-state index in [2.05, 4.69) is 5.32 Å². The van der Waals surface area contributed by atoms with Crippen LogP contribution in [0.4, 0.5) is 0 Å². The molecular weight excluding hydrogens is 332 g/mol. The van der Waals surface area contributed by atoms with Gasteiger partial charge in [0.1, 0.15) is 5.25 Å². The summed E-state index contributed by atoms with van der Waals surface area (Å²) in [4.78, 5) is 27.7. The van der Waals surface area contributed by atoms with Crippen molar-refractivity contribution in [3.8, 4) is 0 Å². The summed E-state index contributed by atoms with van der Waals surface area (Å²) < 4.78 is 0. The Morgan fingerprint density at radius 3 is 2.16 bits per heavy atom. The van der Waals surface area contributed by atoms with Crippen LogP contribution in [0, 0.1) is 0 Å². The van der Waals surface area contributed by atoms with E-state index in [0.717, 1.165) is 10.5 Å². The van der Waals surface area contributed by atoms with Crippen molar-refractivity contribution in [2.45, 2.75) is 24.0 Å². The zero-order chi connectivity index (χ0) is 18.1. The van der Waals surface area contributed by atoms with E-state index in [0.29, 0.717) is 13.1 Å². The van der Waals surface area contributed by atoms with Gasteiger partial charge in [0, 0.05) is 18.0 Å². The van der Waals surface area contributed by atoms with Gasteiger partial charge in [0.05, 0.1) is 6.54 Å². The van der Waals surface area contributed by atoms with Crippen molar-refractivity contribution in [1.29, 1.82) is 0 Å². The highest BCUT2D eigenvalue weighted by molar-refractivity contribution is 8.00. The van der Waals surface area contributed by atoms with Crippen molar-refractivity contribution in [3.05, 3.63) is 66.2 Å². The minimum Gasteiger partial charge on any atom is -0.355 e. The van der Waals surface area contributed by atoms with Crippen LogP contribution in [0.5, 0.6) is 0 Å². The van der Waals surface area contributed by atoms with Crippen LogP contribution in [0.2, 0.25) is 0 Å². The first kappa shape index (κ1) is 19.1.